The summed E-state index contributed by atoms with van der Waals surface area (Å²) in [5, 5.41) is 5.67. The molecule has 168 valence electrons. The van der Waals surface area contributed by atoms with E-state index in [9.17, 15) is 9.59 Å². The van der Waals surface area contributed by atoms with Crippen molar-refractivity contribution < 1.29 is 19.1 Å². The first kappa shape index (κ1) is 24.1. The van der Waals surface area contributed by atoms with Gasteiger partial charge in [-0.15, -0.1) is 0 Å². The van der Waals surface area contributed by atoms with Crippen LogP contribution in [0.2, 0.25) is 0 Å². The van der Waals surface area contributed by atoms with Gasteiger partial charge in [0.2, 0.25) is 5.91 Å². The van der Waals surface area contributed by atoms with Crippen molar-refractivity contribution in [3.05, 3.63) is 59.7 Å². The van der Waals surface area contributed by atoms with Crippen LogP contribution in [0.25, 0.3) is 0 Å². The number of hydrogen-bond donors (Lipinski definition) is 2. The molecule has 0 atom stereocenters. The summed E-state index contributed by atoms with van der Waals surface area (Å²) in [6.07, 6.45) is 0.919. The van der Waals surface area contributed by atoms with E-state index in [1.807, 2.05) is 62.4 Å². The summed E-state index contributed by atoms with van der Waals surface area (Å²) < 4.78 is 11.2. The van der Waals surface area contributed by atoms with E-state index < -0.39 is 0 Å². The standard InChI is InChI=1S/C24H33N3O4/c1-4-30-21-12-11-19(17-22(21)31-5-2)13-15-25-23(28)14-16-26-24(29)27(3)18-20-9-7-6-8-10-20/h6-12,17H,4-5,13-16,18H2,1-3H3,(H,25,28)(H,26,29). The second kappa shape index (κ2) is 13.2. The highest BCUT2D eigenvalue weighted by molar-refractivity contribution is 5.78. The van der Waals surface area contributed by atoms with Crippen molar-refractivity contribution in [1.29, 1.82) is 0 Å². The predicted octanol–water partition coefficient (Wildman–Crippen LogP) is 3.37. The Kier molecular flexibility index (Phi) is 10.2. The molecule has 0 aliphatic heterocycles. The molecular weight excluding hydrogens is 394 g/mol. The number of hydrogen-bond acceptors (Lipinski definition) is 4. The third kappa shape index (κ3) is 8.58. The molecule has 0 aromatic heterocycles. The molecule has 0 aliphatic rings. The summed E-state index contributed by atoms with van der Waals surface area (Å²) in [4.78, 5) is 25.8. The molecule has 0 saturated carbocycles. The zero-order valence-electron chi connectivity index (χ0n) is 18.6. The lowest BCUT2D eigenvalue weighted by molar-refractivity contribution is -0.120. The second-order valence-corrected chi connectivity index (χ2v) is 7.07. The number of nitrogens with zero attached hydrogens (tertiary/aromatic N) is 1. The maximum Gasteiger partial charge on any atom is 0.317 e. The second-order valence-electron chi connectivity index (χ2n) is 7.07. The molecule has 2 rings (SSSR count). The molecule has 0 radical (unpaired) electrons. The lowest BCUT2D eigenvalue weighted by Gasteiger charge is -2.18. The molecule has 0 bridgehead atoms. The largest absolute Gasteiger partial charge is 0.490 e. The lowest BCUT2D eigenvalue weighted by Crippen LogP contribution is -2.39. The van der Waals surface area contributed by atoms with Gasteiger partial charge < -0.3 is 25.0 Å². The van der Waals surface area contributed by atoms with Crippen LogP contribution < -0.4 is 20.1 Å². The van der Waals surface area contributed by atoms with E-state index in [2.05, 4.69) is 10.6 Å². The number of carbonyl (C=O) groups excluding carboxylic acids is 2. The Labute approximate surface area is 184 Å². The summed E-state index contributed by atoms with van der Waals surface area (Å²) in [7, 11) is 1.73. The first-order valence-corrected chi connectivity index (χ1v) is 10.7. The average molecular weight is 428 g/mol. The first-order chi connectivity index (χ1) is 15.0. The van der Waals surface area contributed by atoms with Crippen LogP contribution in [0.5, 0.6) is 11.5 Å². The molecule has 7 nitrogen and oxygen atoms in total. The maximum atomic E-state index is 12.1. The highest BCUT2D eigenvalue weighted by Crippen LogP contribution is 2.28. The van der Waals surface area contributed by atoms with Gasteiger partial charge in [-0.25, -0.2) is 4.79 Å². The zero-order valence-corrected chi connectivity index (χ0v) is 18.6. The average Bonchev–Trinajstić information content (AvgIpc) is 2.76. The molecular formula is C24H33N3O4. The molecule has 0 unspecified atom stereocenters. The van der Waals surface area contributed by atoms with Crippen molar-refractivity contribution >= 4 is 11.9 Å². The molecule has 0 heterocycles. The van der Waals surface area contributed by atoms with Crippen LogP contribution in [0.15, 0.2) is 48.5 Å². The highest BCUT2D eigenvalue weighted by Gasteiger charge is 2.10. The van der Waals surface area contributed by atoms with Gasteiger partial charge in [0, 0.05) is 33.1 Å². The van der Waals surface area contributed by atoms with Gasteiger partial charge in [-0.2, -0.15) is 0 Å². The number of amides is 3. The lowest BCUT2D eigenvalue weighted by atomic mass is 10.1. The van der Waals surface area contributed by atoms with Gasteiger partial charge in [0.25, 0.3) is 0 Å². The Hall–Kier alpha value is -3.22. The fourth-order valence-electron chi connectivity index (χ4n) is 3.03. The monoisotopic (exact) mass is 427 g/mol. The molecule has 2 aromatic rings. The third-order valence-corrected chi connectivity index (χ3v) is 4.58. The Morgan fingerprint density at radius 3 is 2.29 bits per heavy atom. The van der Waals surface area contributed by atoms with Gasteiger partial charge >= 0.3 is 6.03 Å². The predicted molar refractivity (Wildman–Crippen MR) is 121 cm³/mol. The molecule has 3 amide bonds. The van der Waals surface area contributed by atoms with E-state index >= 15 is 0 Å². The Balaban J connectivity index is 1.67. The Morgan fingerprint density at radius 2 is 1.58 bits per heavy atom. The fraction of sp³-hybridized carbons (Fsp3) is 0.417. The van der Waals surface area contributed by atoms with Crippen LogP contribution in [0.1, 0.15) is 31.4 Å². The molecule has 7 heteroatoms. The van der Waals surface area contributed by atoms with E-state index in [4.69, 9.17) is 9.47 Å². The van der Waals surface area contributed by atoms with E-state index in [0.29, 0.717) is 39.3 Å². The van der Waals surface area contributed by atoms with Gasteiger partial charge in [0.05, 0.1) is 13.2 Å². The topological polar surface area (TPSA) is 79.9 Å². The fourth-order valence-corrected chi connectivity index (χ4v) is 3.03. The SMILES string of the molecule is CCOc1ccc(CCNC(=O)CCNC(=O)N(C)Cc2ccccc2)cc1OCC. The maximum absolute atomic E-state index is 12.1. The normalized spacial score (nSPS) is 10.3. The number of benzene rings is 2. The molecule has 0 aliphatic carbocycles. The van der Waals surface area contributed by atoms with Gasteiger partial charge in [-0.3, -0.25) is 4.79 Å². The number of urea groups is 1. The summed E-state index contributed by atoms with van der Waals surface area (Å²) in [5.74, 6) is 1.35. The van der Waals surface area contributed by atoms with Crippen LogP contribution in [-0.4, -0.2) is 50.2 Å². The van der Waals surface area contributed by atoms with Crippen molar-refractivity contribution in [2.45, 2.75) is 33.2 Å². The van der Waals surface area contributed by atoms with Crippen molar-refractivity contribution in [3.8, 4) is 11.5 Å². The van der Waals surface area contributed by atoms with Gasteiger partial charge in [0.15, 0.2) is 11.5 Å². The Morgan fingerprint density at radius 1 is 0.871 bits per heavy atom. The quantitative estimate of drug-likeness (QED) is 0.544. The van der Waals surface area contributed by atoms with Crippen LogP contribution in [-0.2, 0) is 17.8 Å². The number of carbonyl (C=O) groups is 2. The van der Waals surface area contributed by atoms with Gasteiger partial charge in [-0.05, 0) is 43.5 Å². The van der Waals surface area contributed by atoms with Gasteiger partial charge in [-0.1, -0.05) is 36.4 Å². The van der Waals surface area contributed by atoms with E-state index in [0.717, 1.165) is 22.6 Å². The molecule has 31 heavy (non-hydrogen) atoms. The minimum atomic E-state index is -0.200. The molecule has 2 N–H and O–H groups in total. The van der Waals surface area contributed by atoms with Crippen molar-refractivity contribution in [1.82, 2.24) is 15.5 Å². The van der Waals surface area contributed by atoms with Crippen LogP contribution >= 0.6 is 0 Å². The number of ether oxygens (including phenoxy) is 2. The zero-order chi connectivity index (χ0) is 22.5. The van der Waals surface area contributed by atoms with Crippen LogP contribution in [0.3, 0.4) is 0 Å². The minimum Gasteiger partial charge on any atom is -0.490 e. The summed E-state index contributed by atoms with van der Waals surface area (Å²) in [6.45, 7) is 6.33. The van der Waals surface area contributed by atoms with Crippen LogP contribution in [0, 0.1) is 0 Å². The molecule has 0 saturated heterocycles. The molecule has 0 spiro atoms. The van der Waals surface area contributed by atoms with Crippen molar-refractivity contribution in [2.75, 3.05) is 33.4 Å². The Bertz CT molecular complexity index is 827. The number of rotatable bonds is 12. The van der Waals surface area contributed by atoms with Crippen molar-refractivity contribution in [2.24, 2.45) is 0 Å². The minimum absolute atomic E-state index is 0.0954. The first-order valence-electron chi connectivity index (χ1n) is 10.7. The highest BCUT2D eigenvalue weighted by atomic mass is 16.5. The van der Waals surface area contributed by atoms with E-state index in [-0.39, 0.29) is 18.4 Å². The number of nitrogens with one attached hydrogen (secondary N) is 2. The van der Waals surface area contributed by atoms with Crippen molar-refractivity contribution in [3.63, 3.8) is 0 Å². The summed E-state index contributed by atoms with van der Waals surface area (Å²) in [6, 6.07) is 15.4. The smallest absolute Gasteiger partial charge is 0.317 e. The summed E-state index contributed by atoms with van der Waals surface area (Å²) >= 11 is 0. The molecule has 0 fully saturated rings. The molecule has 2 aromatic carbocycles. The van der Waals surface area contributed by atoms with Gasteiger partial charge in [0.1, 0.15) is 0 Å². The third-order valence-electron chi connectivity index (χ3n) is 4.58. The van der Waals surface area contributed by atoms with E-state index in [1.165, 1.54) is 0 Å². The van der Waals surface area contributed by atoms with Crippen LogP contribution in [0.4, 0.5) is 4.79 Å². The summed E-state index contributed by atoms with van der Waals surface area (Å²) in [5.41, 5.74) is 2.11. The van der Waals surface area contributed by atoms with E-state index in [1.54, 1.807) is 11.9 Å².